The number of aromatic nitrogens is 2. The molecular formula is C15H18ClN3O2. The first-order valence-corrected chi connectivity index (χ1v) is 7.21. The molecule has 1 aromatic heterocycles. The molecule has 0 saturated carbocycles. The number of benzene rings is 1. The van der Waals surface area contributed by atoms with E-state index in [0.717, 1.165) is 24.3 Å². The van der Waals surface area contributed by atoms with Gasteiger partial charge in [-0.25, -0.2) is 0 Å². The minimum atomic E-state index is -0.878. The fraction of sp³-hybridized carbons (Fsp3) is 0.333. The summed E-state index contributed by atoms with van der Waals surface area (Å²) >= 11 is 6.00. The largest absolute Gasteiger partial charge is 0.480 e. The molecular weight excluding hydrogens is 290 g/mol. The number of hydrogen-bond donors (Lipinski definition) is 1. The Balaban J connectivity index is 2.24. The zero-order valence-electron chi connectivity index (χ0n) is 11.9. The number of halogens is 1. The van der Waals surface area contributed by atoms with E-state index < -0.39 is 5.97 Å². The molecule has 0 aliphatic carbocycles. The van der Waals surface area contributed by atoms with Crippen LogP contribution >= 0.6 is 11.6 Å². The second-order valence-electron chi connectivity index (χ2n) is 4.78. The highest BCUT2D eigenvalue weighted by molar-refractivity contribution is 6.30. The number of carboxylic acids is 1. The molecule has 2 rings (SSSR count). The highest BCUT2D eigenvalue weighted by Gasteiger charge is 2.14. The molecule has 0 aliphatic heterocycles. The van der Waals surface area contributed by atoms with Crippen molar-refractivity contribution >= 4 is 23.3 Å². The molecule has 0 bridgehead atoms. The predicted molar refractivity (Wildman–Crippen MR) is 82.7 cm³/mol. The van der Waals surface area contributed by atoms with Crippen LogP contribution in [0.25, 0.3) is 0 Å². The van der Waals surface area contributed by atoms with Crippen LogP contribution in [-0.4, -0.2) is 27.4 Å². The van der Waals surface area contributed by atoms with Crippen LogP contribution in [0.4, 0.5) is 5.69 Å². The summed E-state index contributed by atoms with van der Waals surface area (Å²) in [4.78, 5) is 12.9. The fourth-order valence-electron chi connectivity index (χ4n) is 2.18. The normalized spacial score (nSPS) is 10.6. The molecule has 0 atom stereocenters. The Morgan fingerprint density at radius 1 is 1.43 bits per heavy atom. The van der Waals surface area contributed by atoms with Gasteiger partial charge in [0.25, 0.3) is 0 Å². The maximum Gasteiger partial charge on any atom is 0.323 e. The van der Waals surface area contributed by atoms with Crippen LogP contribution in [0.3, 0.4) is 0 Å². The van der Waals surface area contributed by atoms with E-state index in [1.54, 1.807) is 23.2 Å². The van der Waals surface area contributed by atoms with Gasteiger partial charge in [-0.2, -0.15) is 5.10 Å². The average molecular weight is 308 g/mol. The second-order valence-corrected chi connectivity index (χ2v) is 5.21. The van der Waals surface area contributed by atoms with Gasteiger partial charge in [-0.15, -0.1) is 0 Å². The Labute approximate surface area is 128 Å². The standard InChI is InChI=1S/C15H18ClN3O2/c1-2-8-19-14(6-7-17-19)10-18(11-15(20)21)13-5-3-4-12(16)9-13/h3-7,9H,2,8,10-11H2,1H3,(H,20,21). The summed E-state index contributed by atoms with van der Waals surface area (Å²) in [7, 11) is 0. The topological polar surface area (TPSA) is 58.4 Å². The van der Waals surface area contributed by atoms with Crippen molar-refractivity contribution in [3.8, 4) is 0 Å². The summed E-state index contributed by atoms with van der Waals surface area (Å²) in [6, 6.07) is 9.12. The van der Waals surface area contributed by atoms with Crippen LogP contribution in [0.5, 0.6) is 0 Å². The summed E-state index contributed by atoms with van der Waals surface area (Å²) in [5, 5.41) is 14.0. The molecule has 0 saturated heterocycles. The van der Waals surface area contributed by atoms with Gasteiger partial charge in [0.15, 0.2) is 0 Å². The maximum atomic E-state index is 11.1. The van der Waals surface area contributed by atoms with Crippen LogP contribution in [0.1, 0.15) is 19.0 Å². The van der Waals surface area contributed by atoms with E-state index in [9.17, 15) is 4.79 Å². The average Bonchev–Trinajstić information content (AvgIpc) is 2.85. The van der Waals surface area contributed by atoms with Gasteiger partial charge in [0.1, 0.15) is 6.54 Å². The first kappa shape index (κ1) is 15.4. The number of aryl methyl sites for hydroxylation is 1. The number of aliphatic carboxylic acids is 1. The van der Waals surface area contributed by atoms with Crippen LogP contribution in [0.2, 0.25) is 5.02 Å². The third-order valence-electron chi connectivity index (χ3n) is 3.09. The van der Waals surface area contributed by atoms with Crippen molar-refractivity contribution in [3.05, 3.63) is 47.2 Å². The molecule has 21 heavy (non-hydrogen) atoms. The van der Waals surface area contributed by atoms with Gasteiger partial charge < -0.3 is 10.0 Å². The molecule has 112 valence electrons. The highest BCUT2D eigenvalue weighted by atomic mass is 35.5. The zero-order valence-corrected chi connectivity index (χ0v) is 12.6. The summed E-state index contributed by atoms with van der Waals surface area (Å²) in [6.45, 7) is 3.29. The maximum absolute atomic E-state index is 11.1. The van der Waals surface area contributed by atoms with E-state index in [0.29, 0.717) is 11.6 Å². The van der Waals surface area contributed by atoms with Crippen LogP contribution in [-0.2, 0) is 17.9 Å². The number of carboxylic acid groups (broad SMARTS) is 1. The first-order valence-electron chi connectivity index (χ1n) is 6.83. The Bertz CT molecular complexity index is 612. The number of hydrogen-bond acceptors (Lipinski definition) is 3. The van der Waals surface area contributed by atoms with E-state index in [1.165, 1.54) is 0 Å². The van der Waals surface area contributed by atoms with Crippen LogP contribution in [0.15, 0.2) is 36.5 Å². The van der Waals surface area contributed by atoms with Crippen LogP contribution in [0, 0.1) is 0 Å². The summed E-state index contributed by atoms with van der Waals surface area (Å²) < 4.78 is 1.90. The van der Waals surface area contributed by atoms with Gasteiger partial charge in [-0.05, 0) is 30.7 Å². The molecule has 0 spiro atoms. The number of nitrogens with zero attached hydrogens (tertiary/aromatic N) is 3. The number of carbonyl (C=O) groups is 1. The molecule has 0 amide bonds. The molecule has 0 fully saturated rings. The molecule has 0 aliphatic rings. The number of anilines is 1. The minimum Gasteiger partial charge on any atom is -0.480 e. The second kappa shape index (κ2) is 7.13. The third kappa shape index (κ3) is 4.23. The molecule has 1 N–H and O–H groups in total. The lowest BCUT2D eigenvalue weighted by atomic mass is 10.2. The van der Waals surface area contributed by atoms with Crippen molar-refractivity contribution in [1.29, 1.82) is 0 Å². The minimum absolute atomic E-state index is 0.0857. The van der Waals surface area contributed by atoms with E-state index in [1.807, 2.05) is 22.9 Å². The van der Waals surface area contributed by atoms with Gasteiger partial charge in [0.05, 0.1) is 12.2 Å². The van der Waals surface area contributed by atoms with E-state index in [2.05, 4.69) is 12.0 Å². The molecule has 6 heteroatoms. The van der Waals surface area contributed by atoms with E-state index in [-0.39, 0.29) is 6.54 Å². The SMILES string of the molecule is CCCn1nccc1CN(CC(=O)O)c1cccc(Cl)c1. The van der Waals surface area contributed by atoms with Gasteiger partial charge in [0.2, 0.25) is 0 Å². The molecule has 0 radical (unpaired) electrons. The van der Waals surface area contributed by atoms with Crippen LogP contribution < -0.4 is 4.90 Å². The highest BCUT2D eigenvalue weighted by Crippen LogP contribution is 2.21. The predicted octanol–water partition coefficient (Wildman–Crippen LogP) is 3.04. The fourth-order valence-corrected chi connectivity index (χ4v) is 2.36. The Morgan fingerprint density at radius 3 is 2.90 bits per heavy atom. The zero-order chi connectivity index (χ0) is 15.2. The van der Waals surface area contributed by atoms with Crippen molar-refractivity contribution in [2.24, 2.45) is 0 Å². The van der Waals surface area contributed by atoms with Crippen molar-refractivity contribution in [2.75, 3.05) is 11.4 Å². The molecule has 2 aromatic rings. The molecule has 0 unspecified atom stereocenters. The lowest BCUT2D eigenvalue weighted by Gasteiger charge is -2.23. The van der Waals surface area contributed by atoms with Crippen molar-refractivity contribution in [3.63, 3.8) is 0 Å². The molecule has 1 heterocycles. The Kier molecular flexibility index (Phi) is 5.22. The lowest BCUT2D eigenvalue weighted by molar-refractivity contribution is -0.135. The van der Waals surface area contributed by atoms with Gasteiger partial charge in [-0.1, -0.05) is 24.6 Å². The quantitative estimate of drug-likeness (QED) is 0.854. The van der Waals surface area contributed by atoms with E-state index in [4.69, 9.17) is 16.7 Å². The first-order chi connectivity index (χ1) is 10.1. The van der Waals surface area contributed by atoms with Crippen molar-refractivity contribution in [2.45, 2.75) is 26.4 Å². The van der Waals surface area contributed by atoms with Crippen molar-refractivity contribution < 1.29 is 9.90 Å². The van der Waals surface area contributed by atoms with Gasteiger partial charge >= 0.3 is 5.97 Å². The number of rotatable bonds is 7. The smallest absolute Gasteiger partial charge is 0.323 e. The summed E-state index contributed by atoms with van der Waals surface area (Å²) in [6.07, 6.45) is 2.71. The summed E-state index contributed by atoms with van der Waals surface area (Å²) in [5.41, 5.74) is 1.77. The Hall–Kier alpha value is -2.01. The van der Waals surface area contributed by atoms with Gasteiger partial charge in [-0.3, -0.25) is 9.48 Å². The monoisotopic (exact) mass is 307 g/mol. The summed E-state index contributed by atoms with van der Waals surface area (Å²) in [5.74, 6) is -0.878. The van der Waals surface area contributed by atoms with Crippen molar-refractivity contribution in [1.82, 2.24) is 9.78 Å². The van der Waals surface area contributed by atoms with E-state index >= 15 is 0 Å². The Morgan fingerprint density at radius 2 is 2.24 bits per heavy atom. The molecule has 5 nitrogen and oxygen atoms in total. The third-order valence-corrected chi connectivity index (χ3v) is 3.33. The lowest BCUT2D eigenvalue weighted by Crippen LogP contribution is -2.30. The van der Waals surface area contributed by atoms with Gasteiger partial charge in [0, 0.05) is 23.5 Å². The molecule has 1 aromatic carbocycles.